The SMILES string of the molecule is COc1ccc2oc(C(=O)Nc3cccc(NC(C)=O)c3)c(C)c2c1. The maximum Gasteiger partial charge on any atom is 0.291 e. The molecule has 2 amide bonds. The number of anilines is 2. The van der Waals surface area contributed by atoms with Gasteiger partial charge in [0, 0.05) is 29.2 Å². The molecule has 0 saturated heterocycles. The number of rotatable bonds is 4. The largest absolute Gasteiger partial charge is 0.497 e. The highest BCUT2D eigenvalue weighted by Crippen LogP contribution is 2.29. The van der Waals surface area contributed by atoms with E-state index in [2.05, 4.69) is 10.6 Å². The minimum absolute atomic E-state index is 0.175. The van der Waals surface area contributed by atoms with Gasteiger partial charge >= 0.3 is 0 Å². The lowest BCUT2D eigenvalue weighted by Crippen LogP contribution is -2.12. The van der Waals surface area contributed by atoms with Crippen LogP contribution in [0.3, 0.4) is 0 Å². The number of fused-ring (bicyclic) bond motifs is 1. The molecule has 2 aromatic carbocycles. The van der Waals surface area contributed by atoms with E-state index in [0.29, 0.717) is 22.7 Å². The average molecular weight is 338 g/mol. The molecule has 0 saturated carbocycles. The highest BCUT2D eigenvalue weighted by atomic mass is 16.5. The fraction of sp³-hybridized carbons (Fsp3) is 0.158. The summed E-state index contributed by atoms with van der Waals surface area (Å²) in [5.41, 5.74) is 2.53. The monoisotopic (exact) mass is 338 g/mol. The summed E-state index contributed by atoms with van der Waals surface area (Å²) in [6.07, 6.45) is 0. The molecule has 1 heterocycles. The lowest BCUT2D eigenvalue weighted by atomic mass is 10.1. The summed E-state index contributed by atoms with van der Waals surface area (Å²) in [6, 6.07) is 12.3. The van der Waals surface area contributed by atoms with Crippen molar-refractivity contribution in [2.75, 3.05) is 17.7 Å². The first-order valence-electron chi connectivity index (χ1n) is 7.74. The first-order chi connectivity index (χ1) is 12.0. The van der Waals surface area contributed by atoms with Crippen molar-refractivity contribution in [1.29, 1.82) is 0 Å². The Labute approximate surface area is 144 Å². The first-order valence-corrected chi connectivity index (χ1v) is 7.74. The minimum Gasteiger partial charge on any atom is -0.497 e. The average Bonchev–Trinajstić information content (AvgIpc) is 2.91. The van der Waals surface area contributed by atoms with Crippen LogP contribution in [0.25, 0.3) is 11.0 Å². The van der Waals surface area contributed by atoms with Gasteiger partial charge in [-0.2, -0.15) is 0 Å². The van der Waals surface area contributed by atoms with Crippen LogP contribution in [0, 0.1) is 6.92 Å². The van der Waals surface area contributed by atoms with Crippen molar-refractivity contribution in [1.82, 2.24) is 0 Å². The first kappa shape index (κ1) is 16.6. The Morgan fingerprint density at radius 3 is 2.44 bits per heavy atom. The molecule has 0 fully saturated rings. The lowest BCUT2D eigenvalue weighted by molar-refractivity contribution is -0.114. The maximum absolute atomic E-state index is 12.6. The Hall–Kier alpha value is -3.28. The Morgan fingerprint density at radius 2 is 1.76 bits per heavy atom. The summed E-state index contributed by atoms with van der Waals surface area (Å²) in [6.45, 7) is 3.26. The predicted octanol–water partition coefficient (Wildman–Crippen LogP) is 3.96. The van der Waals surface area contributed by atoms with Gasteiger partial charge in [-0.25, -0.2) is 0 Å². The number of benzene rings is 2. The summed E-state index contributed by atoms with van der Waals surface area (Å²) >= 11 is 0. The van der Waals surface area contributed by atoms with E-state index in [-0.39, 0.29) is 17.6 Å². The number of hydrogen-bond donors (Lipinski definition) is 2. The van der Waals surface area contributed by atoms with Crippen molar-refractivity contribution in [3.8, 4) is 5.75 Å². The van der Waals surface area contributed by atoms with Crippen LogP contribution in [0.1, 0.15) is 23.0 Å². The van der Waals surface area contributed by atoms with Crippen molar-refractivity contribution in [2.45, 2.75) is 13.8 Å². The van der Waals surface area contributed by atoms with E-state index >= 15 is 0 Å². The molecule has 0 aliphatic heterocycles. The number of hydrogen-bond acceptors (Lipinski definition) is 4. The summed E-state index contributed by atoms with van der Waals surface area (Å²) in [5, 5.41) is 6.29. The Balaban J connectivity index is 1.87. The maximum atomic E-state index is 12.6. The van der Waals surface area contributed by atoms with E-state index in [1.54, 1.807) is 43.5 Å². The number of carbonyl (C=O) groups is 2. The van der Waals surface area contributed by atoms with E-state index in [1.165, 1.54) is 6.92 Å². The number of nitrogens with one attached hydrogen (secondary N) is 2. The topological polar surface area (TPSA) is 80.6 Å². The second-order valence-corrected chi connectivity index (χ2v) is 5.63. The van der Waals surface area contributed by atoms with E-state index < -0.39 is 0 Å². The third-order valence-electron chi connectivity index (χ3n) is 3.79. The molecule has 6 nitrogen and oxygen atoms in total. The van der Waals surface area contributed by atoms with E-state index in [4.69, 9.17) is 9.15 Å². The molecule has 0 aliphatic carbocycles. The van der Waals surface area contributed by atoms with Crippen LogP contribution in [-0.2, 0) is 4.79 Å². The van der Waals surface area contributed by atoms with Gasteiger partial charge in [0.1, 0.15) is 11.3 Å². The zero-order chi connectivity index (χ0) is 18.0. The zero-order valence-corrected chi connectivity index (χ0v) is 14.2. The van der Waals surface area contributed by atoms with Crippen LogP contribution in [-0.4, -0.2) is 18.9 Å². The molecule has 25 heavy (non-hydrogen) atoms. The summed E-state index contributed by atoms with van der Waals surface area (Å²) in [4.78, 5) is 23.7. The van der Waals surface area contributed by atoms with E-state index in [9.17, 15) is 9.59 Å². The zero-order valence-electron chi connectivity index (χ0n) is 14.2. The van der Waals surface area contributed by atoms with Crippen LogP contribution >= 0.6 is 0 Å². The van der Waals surface area contributed by atoms with Crippen LogP contribution in [0.15, 0.2) is 46.9 Å². The molecular weight excluding hydrogens is 320 g/mol. The summed E-state index contributed by atoms with van der Waals surface area (Å²) in [5.74, 6) is 0.415. The van der Waals surface area contributed by atoms with Gasteiger partial charge in [0.05, 0.1) is 7.11 Å². The molecule has 0 unspecified atom stereocenters. The Kier molecular flexibility index (Phi) is 4.43. The third-order valence-corrected chi connectivity index (χ3v) is 3.79. The number of methoxy groups -OCH3 is 1. The van der Waals surface area contributed by atoms with E-state index in [0.717, 1.165) is 10.9 Å². The summed E-state index contributed by atoms with van der Waals surface area (Å²) < 4.78 is 10.9. The smallest absolute Gasteiger partial charge is 0.291 e. The lowest BCUT2D eigenvalue weighted by Gasteiger charge is -2.07. The van der Waals surface area contributed by atoms with Crippen LogP contribution in [0.2, 0.25) is 0 Å². The Bertz CT molecular complexity index is 959. The molecule has 6 heteroatoms. The van der Waals surface area contributed by atoms with Gasteiger partial charge in [0.2, 0.25) is 5.91 Å². The van der Waals surface area contributed by atoms with Crippen LogP contribution < -0.4 is 15.4 Å². The molecule has 3 aromatic rings. The van der Waals surface area contributed by atoms with Crippen molar-refractivity contribution < 1.29 is 18.7 Å². The minimum atomic E-state index is -0.354. The number of amides is 2. The quantitative estimate of drug-likeness (QED) is 0.754. The van der Waals surface area contributed by atoms with E-state index in [1.807, 2.05) is 13.0 Å². The number of carbonyl (C=O) groups excluding carboxylic acids is 2. The molecule has 1 aromatic heterocycles. The summed E-state index contributed by atoms with van der Waals surface area (Å²) in [7, 11) is 1.59. The standard InChI is InChI=1S/C19H18N2O4/c1-11-16-10-15(24-3)7-8-17(16)25-18(11)19(23)21-14-6-4-5-13(9-14)20-12(2)22/h4-10H,1-3H3,(H,20,22)(H,21,23). The predicted molar refractivity (Wildman–Crippen MR) is 96.2 cm³/mol. The molecule has 2 N–H and O–H groups in total. The third kappa shape index (κ3) is 3.47. The van der Waals surface area contributed by atoms with Crippen LogP contribution in [0.4, 0.5) is 11.4 Å². The normalized spacial score (nSPS) is 10.5. The van der Waals surface area contributed by atoms with Crippen molar-refractivity contribution in [2.24, 2.45) is 0 Å². The van der Waals surface area contributed by atoms with Gasteiger partial charge in [0.25, 0.3) is 5.91 Å². The highest BCUT2D eigenvalue weighted by molar-refractivity contribution is 6.06. The van der Waals surface area contributed by atoms with Crippen molar-refractivity contribution >= 4 is 34.2 Å². The molecule has 3 rings (SSSR count). The van der Waals surface area contributed by atoms with Gasteiger partial charge < -0.3 is 19.8 Å². The highest BCUT2D eigenvalue weighted by Gasteiger charge is 2.18. The van der Waals surface area contributed by atoms with Gasteiger partial charge in [0.15, 0.2) is 5.76 Å². The van der Waals surface area contributed by atoms with Gasteiger partial charge in [-0.15, -0.1) is 0 Å². The number of furan rings is 1. The fourth-order valence-electron chi connectivity index (χ4n) is 2.61. The van der Waals surface area contributed by atoms with Crippen LogP contribution in [0.5, 0.6) is 5.75 Å². The molecule has 0 radical (unpaired) electrons. The number of aryl methyl sites for hydroxylation is 1. The van der Waals surface area contributed by atoms with Crippen molar-refractivity contribution in [3.05, 3.63) is 53.8 Å². The Morgan fingerprint density at radius 1 is 1.04 bits per heavy atom. The number of ether oxygens (including phenoxy) is 1. The molecular formula is C19H18N2O4. The molecule has 0 aliphatic rings. The van der Waals surface area contributed by atoms with Gasteiger partial charge in [-0.3, -0.25) is 9.59 Å². The van der Waals surface area contributed by atoms with Gasteiger partial charge in [-0.05, 0) is 43.3 Å². The molecule has 128 valence electrons. The second-order valence-electron chi connectivity index (χ2n) is 5.63. The van der Waals surface area contributed by atoms with Crippen molar-refractivity contribution in [3.63, 3.8) is 0 Å². The second kappa shape index (κ2) is 6.68. The molecule has 0 atom stereocenters. The molecule has 0 spiro atoms. The fourth-order valence-corrected chi connectivity index (χ4v) is 2.61. The van der Waals surface area contributed by atoms with Gasteiger partial charge in [-0.1, -0.05) is 6.07 Å². The molecule has 0 bridgehead atoms.